The van der Waals surface area contributed by atoms with E-state index >= 15 is 0 Å². The van der Waals surface area contributed by atoms with Gasteiger partial charge in [-0.25, -0.2) is 0 Å². The van der Waals surface area contributed by atoms with Crippen LogP contribution in [-0.4, -0.2) is 16.0 Å². The fraction of sp³-hybridized carbons (Fsp3) is 0.0909. The maximum atomic E-state index is 12.9. The van der Waals surface area contributed by atoms with E-state index in [1.54, 1.807) is 18.2 Å². The summed E-state index contributed by atoms with van der Waals surface area (Å²) in [6.07, 6.45) is 1.55. The van der Waals surface area contributed by atoms with Crippen LogP contribution >= 0.6 is 23.4 Å². The van der Waals surface area contributed by atoms with E-state index in [4.69, 9.17) is 21.4 Å². The summed E-state index contributed by atoms with van der Waals surface area (Å²) in [4.78, 5) is 25.2. The van der Waals surface area contributed by atoms with Crippen LogP contribution in [0.1, 0.15) is 16.9 Å². The Hall–Kier alpha value is -3.36. The predicted molar refractivity (Wildman–Crippen MR) is 123 cm³/mol. The average Bonchev–Trinajstić information content (AvgIpc) is 3.29. The maximum Gasteiger partial charge on any atom is 0.271 e. The molecule has 0 saturated carbocycles. The number of carbonyl (C=O) groups excluding carboxylic acids is 1. The summed E-state index contributed by atoms with van der Waals surface area (Å²) >= 11 is 7.22. The van der Waals surface area contributed by atoms with Crippen LogP contribution in [-0.2, 0) is 4.79 Å². The third-order valence-electron chi connectivity index (χ3n) is 4.90. The zero-order valence-electron chi connectivity index (χ0n) is 16.5. The first-order valence-corrected chi connectivity index (χ1v) is 10.4. The van der Waals surface area contributed by atoms with Gasteiger partial charge in [-0.2, -0.15) is 0 Å². The monoisotopic (exact) mass is 453 g/mol. The molecule has 1 amide bonds. The Bertz CT molecular complexity index is 1280. The fourth-order valence-electron chi connectivity index (χ4n) is 3.11. The van der Waals surface area contributed by atoms with Crippen molar-refractivity contribution in [1.29, 1.82) is 5.41 Å². The number of nitro benzene ring substituents is 1. The fourth-order valence-corrected chi connectivity index (χ4v) is 4.16. The average molecular weight is 454 g/mol. The summed E-state index contributed by atoms with van der Waals surface area (Å²) in [6, 6.07) is 13.0. The second-order valence-electron chi connectivity index (χ2n) is 6.95. The Morgan fingerprint density at radius 1 is 1.13 bits per heavy atom. The molecule has 1 fully saturated rings. The maximum absolute atomic E-state index is 12.9. The van der Waals surface area contributed by atoms with Gasteiger partial charge in [0.05, 0.1) is 20.5 Å². The van der Waals surface area contributed by atoms with Gasteiger partial charge in [-0.3, -0.25) is 25.2 Å². The van der Waals surface area contributed by atoms with Gasteiger partial charge >= 0.3 is 0 Å². The highest BCUT2D eigenvalue weighted by Crippen LogP contribution is 2.37. The molecule has 7 nitrogen and oxygen atoms in total. The number of rotatable bonds is 4. The number of non-ortho nitro benzene ring substituents is 1. The molecule has 0 atom stereocenters. The molecule has 0 bridgehead atoms. The van der Waals surface area contributed by atoms with Gasteiger partial charge in [0, 0.05) is 23.8 Å². The topological polar surface area (TPSA) is 100 Å². The number of nitrogens with zero attached hydrogens (tertiary/aromatic N) is 2. The Labute approximate surface area is 187 Å². The van der Waals surface area contributed by atoms with Crippen molar-refractivity contribution in [2.45, 2.75) is 13.8 Å². The summed E-state index contributed by atoms with van der Waals surface area (Å²) in [5.41, 5.74) is 3.06. The quantitative estimate of drug-likeness (QED) is 0.288. The molecule has 1 aromatic heterocycles. The number of hydrogen-bond donors (Lipinski definition) is 1. The number of anilines is 1. The van der Waals surface area contributed by atoms with Crippen LogP contribution in [0.4, 0.5) is 11.4 Å². The van der Waals surface area contributed by atoms with Gasteiger partial charge in [-0.05, 0) is 67.1 Å². The number of benzene rings is 2. The van der Waals surface area contributed by atoms with Crippen molar-refractivity contribution in [2.75, 3.05) is 4.90 Å². The summed E-state index contributed by atoms with van der Waals surface area (Å²) in [7, 11) is 0. The number of hydrogen-bond acceptors (Lipinski definition) is 6. The largest absolute Gasteiger partial charge is 0.457 e. The first-order chi connectivity index (χ1) is 14.7. The molecule has 0 spiro atoms. The third-order valence-corrected chi connectivity index (χ3v) is 6.12. The Balaban J connectivity index is 1.63. The minimum absolute atomic E-state index is 0.102. The number of nitro groups is 1. The van der Waals surface area contributed by atoms with Crippen molar-refractivity contribution in [1.82, 2.24) is 0 Å². The standard InChI is InChI=1S/C22H16ClN3O4S/c1-12-3-4-14(9-13(12)2)25-21(27)20(31-22(25)24)11-16-6-8-19(30-16)17-10-15(26(28)29)5-7-18(17)23/h3-11,24H,1-2H3/b20-11-,24-22?. The summed E-state index contributed by atoms with van der Waals surface area (Å²) in [5, 5.41) is 19.7. The van der Waals surface area contributed by atoms with Crippen LogP contribution in [0, 0.1) is 29.4 Å². The highest BCUT2D eigenvalue weighted by molar-refractivity contribution is 8.19. The lowest BCUT2D eigenvalue weighted by molar-refractivity contribution is -0.384. The molecule has 156 valence electrons. The summed E-state index contributed by atoms with van der Waals surface area (Å²) in [6.45, 7) is 3.94. The van der Waals surface area contributed by atoms with Crippen molar-refractivity contribution in [3.63, 3.8) is 0 Å². The number of carbonyl (C=O) groups is 1. The predicted octanol–water partition coefficient (Wildman–Crippen LogP) is 6.18. The zero-order valence-corrected chi connectivity index (χ0v) is 18.1. The number of aryl methyl sites for hydroxylation is 2. The number of amidine groups is 1. The molecule has 2 aromatic carbocycles. The van der Waals surface area contributed by atoms with Crippen molar-refractivity contribution in [2.24, 2.45) is 0 Å². The molecular formula is C22H16ClN3O4S. The van der Waals surface area contributed by atoms with E-state index in [2.05, 4.69) is 0 Å². The molecule has 3 aromatic rings. The normalized spacial score (nSPS) is 15.2. The van der Waals surface area contributed by atoms with Gasteiger partial charge in [0.25, 0.3) is 11.6 Å². The van der Waals surface area contributed by atoms with Gasteiger partial charge < -0.3 is 4.42 Å². The molecule has 1 N–H and O–H groups in total. The lowest BCUT2D eigenvalue weighted by Gasteiger charge is -2.15. The third kappa shape index (κ3) is 3.99. The molecule has 9 heteroatoms. The van der Waals surface area contributed by atoms with Crippen LogP contribution in [0.3, 0.4) is 0 Å². The summed E-state index contributed by atoms with van der Waals surface area (Å²) in [5.74, 6) is 0.407. The molecule has 1 aliphatic heterocycles. The minimum atomic E-state index is -0.507. The van der Waals surface area contributed by atoms with Crippen LogP contribution < -0.4 is 4.90 Å². The summed E-state index contributed by atoms with van der Waals surface area (Å²) < 4.78 is 5.77. The van der Waals surface area contributed by atoms with Gasteiger partial charge in [0.15, 0.2) is 5.17 Å². The molecule has 0 unspecified atom stereocenters. The van der Waals surface area contributed by atoms with Crippen LogP contribution in [0.25, 0.3) is 17.4 Å². The number of nitrogens with one attached hydrogen (secondary N) is 1. The first-order valence-electron chi connectivity index (χ1n) is 9.18. The smallest absolute Gasteiger partial charge is 0.271 e. The van der Waals surface area contributed by atoms with Crippen molar-refractivity contribution in [3.8, 4) is 11.3 Å². The van der Waals surface area contributed by atoms with E-state index < -0.39 is 4.92 Å². The molecule has 1 aliphatic rings. The van der Waals surface area contributed by atoms with Gasteiger partial charge in [-0.15, -0.1) is 0 Å². The van der Waals surface area contributed by atoms with Crippen LogP contribution in [0.5, 0.6) is 0 Å². The molecule has 0 aliphatic carbocycles. The van der Waals surface area contributed by atoms with E-state index in [9.17, 15) is 14.9 Å². The SMILES string of the molecule is Cc1ccc(N2C(=N)S/C(=C\c3ccc(-c4cc([N+](=O)[O-])ccc4Cl)o3)C2=O)cc1C. The van der Waals surface area contributed by atoms with Gasteiger partial charge in [0.1, 0.15) is 11.5 Å². The second-order valence-corrected chi connectivity index (χ2v) is 8.39. The van der Waals surface area contributed by atoms with Crippen molar-refractivity contribution < 1.29 is 14.1 Å². The van der Waals surface area contributed by atoms with E-state index in [-0.39, 0.29) is 16.8 Å². The zero-order chi connectivity index (χ0) is 22.3. The van der Waals surface area contributed by atoms with E-state index in [1.807, 2.05) is 32.0 Å². The second kappa shape index (κ2) is 8.05. The van der Waals surface area contributed by atoms with Crippen molar-refractivity contribution in [3.05, 3.63) is 85.5 Å². The number of halogens is 1. The number of amides is 1. The van der Waals surface area contributed by atoms with E-state index in [0.717, 1.165) is 22.9 Å². The highest BCUT2D eigenvalue weighted by Gasteiger charge is 2.34. The van der Waals surface area contributed by atoms with Crippen molar-refractivity contribution >= 4 is 51.9 Å². The highest BCUT2D eigenvalue weighted by atomic mass is 35.5. The van der Waals surface area contributed by atoms with Gasteiger partial charge in [-0.1, -0.05) is 17.7 Å². The van der Waals surface area contributed by atoms with E-state index in [1.165, 1.54) is 23.1 Å². The number of thioether (sulfide) groups is 1. The molecule has 0 radical (unpaired) electrons. The molecule has 1 saturated heterocycles. The molecular weight excluding hydrogens is 438 g/mol. The Kier molecular flexibility index (Phi) is 5.43. The molecule has 4 rings (SSSR count). The minimum Gasteiger partial charge on any atom is -0.457 e. The van der Waals surface area contributed by atoms with Gasteiger partial charge in [0.2, 0.25) is 0 Å². The molecule has 2 heterocycles. The Morgan fingerprint density at radius 3 is 2.61 bits per heavy atom. The lowest BCUT2D eigenvalue weighted by atomic mass is 10.1. The number of furan rings is 1. The van der Waals surface area contributed by atoms with Crippen LogP contribution in [0.2, 0.25) is 5.02 Å². The first kappa shape index (κ1) is 20.9. The lowest BCUT2D eigenvalue weighted by Crippen LogP contribution is -2.28. The Morgan fingerprint density at radius 2 is 1.90 bits per heavy atom. The molecule has 31 heavy (non-hydrogen) atoms. The van der Waals surface area contributed by atoms with Crippen LogP contribution in [0.15, 0.2) is 57.9 Å². The van der Waals surface area contributed by atoms with E-state index in [0.29, 0.717) is 32.7 Å².